The summed E-state index contributed by atoms with van der Waals surface area (Å²) in [6.07, 6.45) is 7.98. The summed E-state index contributed by atoms with van der Waals surface area (Å²) in [5.74, 6) is 3.70. The van der Waals surface area contributed by atoms with Gasteiger partial charge in [0.25, 0.3) is 0 Å². The number of benzene rings is 1. The van der Waals surface area contributed by atoms with Crippen LogP contribution in [-0.2, 0) is 4.74 Å². The fourth-order valence-corrected chi connectivity index (χ4v) is 8.21. The monoisotopic (exact) mass is 462 g/mol. The van der Waals surface area contributed by atoms with Gasteiger partial charge in [-0.15, -0.1) is 0 Å². The summed E-state index contributed by atoms with van der Waals surface area (Å²) in [4.78, 5) is 11.5. The van der Waals surface area contributed by atoms with Crippen LogP contribution in [0.25, 0.3) is 0 Å². The maximum Gasteiger partial charge on any atom is 0.127 e. The average molecular weight is 463 g/mol. The normalized spacial score (nSPS) is 38.8. The Kier molecular flexibility index (Phi) is 5.17. The van der Waals surface area contributed by atoms with Gasteiger partial charge < -0.3 is 4.74 Å². The second kappa shape index (κ2) is 7.86. The van der Waals surface area contributed by atoms with E-state index in [9.17, 15) is 5.26 Å². The van der Waals surface area contributed by atoms with Crippen LogP contribution in [0.5, 0.6) is 0 Å². The van der Waals surface area contributed by atoms with Gasteiger partial charge >= 0.3 is 0 Å². The summed E-state index contributed by atoms with van der Waals surface area (Å²) in [7, 11) is 0. The number of aliphatic imine (C=N–C) groups is 1. The molecule has 0 radical (unpaired) electrons. The maximum atomic E-state index is 9.30. The molecule has 2 heterocycles. The second-order valence-corrected chi connectivity index (χ2v) is 12.1. The fourth-order valence-electron chi connectivity index (χ4n) is 7.90. The Labute approximate surface area is 202 Å². The van der Waals surface area contributed by atoms with E-state index in [1.54, 1.807) is 0 Å². The number of rotatable bonds is 3. The summed E-state index contributed by atoms with van der Waals surface area (Å²) in [5.41, 5.74) is 1.58. The van der Waals surface area contributed by atoms with Gasteiger partial charge in [-0.2, -0.15) is 5.26 Å². The maximum absolute atomic E-state index is 9.30. The smallest absolute Gasteiger partial charge is 0.127 e. The third-order valence-corrected chi connectivity index (χ3v) is 9.64. The van der Waals surface area contributed by atoms with Crippen molar-refractivity contribution in [3.05, 3.63) is 29.8 Å². The predicted molar refractivity (Wildman–Crippen MR) is 135 cm³/mol. The first-order valence-corrected chi connectivity index (χ1v) is 13.1. The van der Waals surface area contributed by atoms with Crippen molar-refractivity contribution >= 4 is 28.7 Å². The highest BCUT2D eigenvalue weighted by Gasteiger charge is 2.56. The van der Waals surface area contributed by atoms with Gasteiger partial charge in [0.2, 0.25) is 0 Å². The second-order valence-electron chi connectivity index (χ2n) is 11.7. The summed E-state index contributed by atoms with van der Waals surface area (Å²) in [6, 6.07) is 10.3. The van der Waals surface area contributed by atoms with Gasteiger partial charge in [-0.25, -0.2) is 0 Å². The number of morpholine rings is 1. The van der Waals surface area contributed by atoms with Crippen molar-refractivity contribution < 1.29 is 4.74 Å². The first-order chi connectivity index (χ1) is 15.9. The van der Waals surface area contributed by atoms with Crippen molar-refractivity contribution in [2.75, 3.05) is 31.2 Å². The molecule has 6 fully saturated rings. The van der Waals surface area contributed by atoms with E-state index in [1.807, 2.05) is 24.3 Å². The SMILES string of the molecule is CC1(C)C(=S)N(c2ccc(C#N)cc2)C(=NC23CC4CC(CC(C4)C2)C3)C1N1CCOCC1. The molecule has 1 aromatic rings. The van der Waals surface area contributed by atoms with Gasteiger partial charge in [-0.3, -0.25) is 14.8 Å². The lowest BCUT2D eigenvalue weighted by Gasteiger charge is -2.55. The van der Waals surface area contributed by atoms with E-state index in [0.717, 1.165) is 60.6 Å². The molecule has 4 saturated carbocycles. The lowest BCUT2D eigenvalue weighted by atomic mass is 9.53. The van der Waals surface area contributed by atoms with E-state index in [2.05, 4.69) is 29.7 Å². The molecule has 33 heavy (non-hydrogen) atoms. The molecule has 0 spiro atoms. The summed E-state index contributed by atoms with van der Waals surface area (Å²) >= 11 is 6.17. The van der Waals surface area contributed by atoms with Gasteiger partial charge in [0.1, 0.15) is 5.84 Å². The molecule has 2 aliphatic heterocycles. The zero-order valence-corrected chi connectivity index (χ0v) is 20.6. The first-order valence-electron chi connectivity index (χ1n) is 12.6. The number of anilines is 1. The molecule has 6 heteroatoms. The molecule has 0 aromatic heterocycles. The van der Waals surface area contributed by atoms with E-state index in [4.69, 9.17) is 21.9 Å². The largest absolute Gasteiger partial charge is 0.379 e. The molecule has 0 amide bonds. The Hall–Kier alpha value is -1.81. The number of nitriles is 1. The minimum absolute atomic E-state index is 0.0789. The van der Waals surface area contributed by atoms with Crippen molar-refractivity contribution in [1.29, 1.82) is 5.26 Å². The molecule has 7 rings (SSSR count). The van der Waals surface area contributed by atoms with Crippen LogP contribution >= 0.6 is 12.2 Å². The average Bonchev–Trinajstić information content (AvgIpc) is 2.98. The van der Waals surface area contributed by atoms with E-state index in [0.29, 0.717) is 5.56 Å². The minimum atomic E-state index is -0.207. The molecule has 4 aliphatic carbocycles. The van der Waals surface area contributed by atoms with Crippen LogP contribution in [0, 0.1) is 34.5 Å². The molecule has 1 atom stereocenters. The number of hydrogen-bond donors (Lipinski definition) is 0. The van der Waals surface area contributed by atoms with E-state index >= 15 is 0 Å². The predicted octanol–water partition coefficient (Wildman–Crippen LogP) is 4.80. The van der Waals surface area contributed by atoms with Crippen LogP contribution in [0.3, 0.4) is 0 Å². The molecular weight excluding hydrogens is 428 g/mol. The molecule has 6 aliphatic rings. The zero-order chi connectivity index (χ0) is 22.8. The molecule has 2 saturated heterocycles. The van der Waals surface area contributed by atoms with Gasteiger partial charge in [0.05, 0.1) is 41.4 Å². The third kappa shape index (κ3) is 3.55. The van der Waals surface area contributed by atoms with Crippen LogP contribution in [0.15, 0.2) is 29.3 Å². The number of thiocarbonyl (C=S) groups is 1. The zero-order valence-electron chi connectivity index (χ0n) is 19.8. The Morgan fingerprint density at radius 1 is 1.00 bits per heavy atom. The molecular formula is C27H34N4OS. The van der Waals surface area contributed by atoms with Gasteiger partial charge in [0, 0.05) is 24.2 Å². The van der Waals surface area contributed by atoms with Crippen molar-refractivity contribution in [1.82, 2.24) is 4.90 Å². The Balaban J connectivity index is 1.47. The summed E-state index contributed by atoms with van der Waals surface area (Å²) in [6.45, 7) is 7.93. The van der Waals surface area contributed by atoms with Gasteiger partial charge in [-0.05, 0) is 80.5 Å². The van der Waals surface area contributed by atoms with Gasteiger partial charge in [0.15, 0.2) is 0 Å². The Bertz CT molecular complexity index is 982. The standard InChI is InChI=1S/C27H34N4OS/c1-26(2)23(30-7-9-32-10-8-30)24(31(25(26)33)22-5-3-18(17-28)4-6-22)29-27-14-19-11-20(15-27)13-21(12-19)16-27/h3-6,19-21,23H,7-16H2,1-2H3. The van der Waals surface area contributed by atoms with Crippen LogP contribution in [0.4, 0.5) is 5.69 Å². The lowest BCUT2D eigenvalue weighted by molar-refractivity contribution is -0.000248. The highest BCUT2D eigenvalue weighted by Crippen LogP contribution is 2.58. The minimum Gasteiger partial charge on any atom is -0.379 e. The van der Waals surface area contributed by atoms with Crippen molar-refractivity contribution in [2.45, 2.75) is 64.0 Å². The first kappa shape index (κ1) is 21.7. The Morgan fingerprint density at radius 2 is 1.58 bits per heavy atom. The molecule has 174 valence electrons. The third-order valence-electron chi connectivity index (χ3n) is 8.93. The number of amidine groups is 1. The van der Waals surface area contributed by atoms with Crippen molar-refractivity contribution in [3.63, 3.8) is 0 Å². The molecule has 0 N–H and O–H groups in total. The number of nitrogens with zero attached hydrogens (tertiary/aromatic N) is 4. The van der Waals surface area contributed by atoms with Crippen LogP contribution in [0.1, 0.15) is 57.9 Å². The number of hydrogen-bond acceptors (Lipinski definition) is 5. The van der Waals surface area contributed by atoms with E-state index in [-0.39, 0.29) is 17.0 Å². The number of ether oxygens (including phenoxy) is 1. The molecule has 1 aromatic carbocycles. The molecule has 1 unspecified atom stereocenters. The lowest BCUT2D eigenvalue weighted by Crippen LogP contribution is -2.54. The van der Waals surface area contributed by atoms with Crippen molar-refractivity contribution in [3.8, 4) is 6.07 Å². The highest BCUT2D eigenvalue weighted by atomic mass is 32.1. The Morgan fingerprint density at radius 3 is 2.12 bits per heavy atom. The van der Waals surface area contributed by atoms with Gasteiger partial charge in [-0.1, -0.05) is 26.1 Å². The van der Waals surface area contributed by atoms with Crippen LogP contribution < -0.4 is 4.90 Å². The fraction of sp³-hybridized carbons (Fsp3) is 0.667. The quantitative estimate of drug-likeness (QED) is 0.604. The summed E-state index contributed by atoms with van der Waals surface area (Å²) in [5, 5.41) is 9.30. The topological polar surface area (TPSA) is 51.9 Å². The van der Waals surface area contributed by atoms with E-state index < -0.39 is 0 Å². The summed E-state index contributed by atoms with van der Waals surface area (Å²) < 4.78 is 5.70. The van der Waals surface area contributed by atoms with E-state index in [1.165, 1.54) is 38.5 Å². The van der Waals surface area contributed by atoms with Crippen LogP contribution in [-0.4, -0.2) is 53.6 Å². The van der Waals surface area contributed by atoms with Crippen LogP contribution in [0.2, 0.25) is 0 Å². The highest BCUT2D eigenvalue weighted by molar-refractivity contribution is 7.80. The molecule has 5 nitrogen and oxygen atoms in total. The van der Waals surface area contributed by atoms with Crippen molar-refractivity contribution in [2.24, 2.45) is 28.2 Å². The molecule has 4 bridgehead atoms.